The van der Waals surface area contributed by atoms with Crippen LogP contribution in [0.2, 0.25) is 0 Å². The molecule has 1 saturated heterocycles. The molecule has 3 aromatic carbocycles. The van der Waals surface area contributed by atoms with Gasteiger partial charge in [-0.1, -0.05) is 55.1 Å². The van der Waals surface area contributed by atoms with Gasteiger partial charge in [0.2, 0.25) is 5.91 Å². The molecule has 0 bridgehead atoms. The van der Waals surface area contributed by atoms with Gasteiger partial charge < -0.3 is 14.4 Å². The second-order valence-electron chi connectivity index (χ2n) is 11.8. The van der Waals surface area contributed by atoms with Crippen molar-refractivity contribution >= 4 is 44.6 Å². The second kappa shape index (κ2) is 12.6. The van der Waals surface area contributed by atoms with Crippen LogP contribution in [0.4, 0.5) is 13.2 Å². The first kappa shape index (κ1) is 33.0. The summed E-state index contributed by atoms with van der Waals surface area (Å²) in [7, 11) is -2.63. The zero-order valence-electron chi connectivity index (χ0n) is 25.7. The lowest BCUT2D eigenvalue weighted by molar-refractivity contribution is -0.202. The third-order valence-corrected chi connectivity index (χ3v) is 12.1. The quantitative estimate of drug-likeness (QED) is 0.105. The van der Waals surface area contributed by atoms with Crippen molar-refractivity contribution in [1.82, 2.24) is 8.87 Å². The SMILES string of the molecule is CC[C@]12CCC(=O)N(CC(OC(=O)C(F)(F)F)Sc3ccccc3)[C@H]1c1c(n(S(=O)(=O)c3ccc(OC)cc3)c3ccccc13)CC2. The number of ether oxygens (including phenoxy) is 2. The Balaban J connectivity index is 1.50. The average Bonchev–Trinajstić information content (AvgIpc) is 3.41. The summed E-state index contributed by atoms with van der Waals surface area (Å²) in [4.78, 5) is 28.1. The lowest BCUT2D eigenvalue weighted by Crippen LogP contribution is -2.53. The Kier molecular flexibility index (Phi) is 8.81. The number of halogens is 3. The maximum atomic E-state index is 14.3. The highest BCUT2D eigenvalue weighted by Crippen LogP contribution is 2.57. The molecular weight excluding hydrogens is 654 g/mol. The standard InChI is InChI=1S/C34H33F3N2O6S2/c1-3-33-19-17-27-30(25-11-7-8-12-26(25)39(27)47(42,43)24-15-13-22(44-2)14-16-24)31(33)38(28(40)18-20-33)21-29(45-32(41)34(35,36)37)46-23-9-5-4-6-10-23/h4-16,29,31H,3,17-21H2,1-2H3/t29?,31-,33-/m0/s1. The Bertz CT molecular complexity index is 1910. The number of benzene rings is 3. The number of carbonyl (C=O) groups is 2. The molecule has 1 fully saturated rings. The highest BCUT2D eigenvalue weighted by molar-refractivity contribution is 7.99. The van der Waals surface area contributed by atoms with E-state index in [0.717, 1.165) is 11.8 Å². The van der Waals surface area contributed by atoms with Crippen molar-refractivity contribution in [2.75, 3.05) is 13.7 Å². The van der Waals surface area contributed by atoms with Crippen LogP contribution in [0.5, 0.6) is 5.75 Å². The molecule has 1 aromatic heterocycles. The van der Waals surface area contributed by atoms with Gasteiger partial charge >= 0.3 is 12.1 Å². The van der Waals surface area contributed by atoms with E-state index in [9.17, 15) is 31.2 Å². The van der Waals surface area contributed by atoms with Crippen LogP contribution in [0.3, 0.4) is 0 Å². The summed E-state index contributed by atoms with van der Waals surface area (Å²) >= 11 is 0.921. The van der Waals surface area contributed by atoms with Crippen LogP contribution in [0.25, 0.3) is 10.9 Å². The maximum Gasteiger partial charge on any atom is 0.490 e. The molecule has 2 aliphatic rings. The van der Waals surface area contributed by atoms with Crippen LogP contribution < -0.4 is 4.74 Å². The number of esters is 1. The fraction of sp³-hybridized carbons (Fsp3) is 0.353. The van der Waals surface area contributed by atoms with Crippen molar-refractivity contribution in [1.29, 1.82) is 0 Å². The van der Waals surface area contributed by atoms with Crippen molar-refractivity contribution in [3.8, 4) is 5.75 Å². The molecule has 1 amide bonds. The third-order valence-electron chi connectivity index (χ3n) is 9.28. The van der Waals surface area contributed by atoms with E-state index >= 15 is 0 Å². The van der Waals surface area contributed by atoms with E-state index in [4.69, 9.17) is 9.47 Å². The number of hydrogen-bond donors (Lipinski definition) is 0. The number of thioether (sulfide) groups is 1. The summed E-state index contributed by atoms with van der Waals surface area (Å²) in [5.41, 5.74) is -0.239. The van der Waals surface area contributed by atoms with Gasteiger partial charge in [0.15, 0.2) is 5.44 Å². The third kappa shape index (κ3) is 5.99. The highest BCUT2D eigenvalue weighted by atomic mass is 32.2. The van der Waals surface area contributed by atoms with Gasteiger partial charge in [-0.05, 0) is 73.6 Å². The van der Waals surface area contributed by atoms with Crippen LogP contribution in [0.15, 0.2) is 88.7 Å². The normalized spacial score (nSPS) is 20.4. The van der Waals surface area contributed by atoms with Crippen molar-refractivity contribution in [3.05, 3.63) is 90.1 Å². The predicted octanol–water partition coefficient (Wildman–Crippen LogP) is 7.12. The molecule has 47 heavy (non-hydrogen) atoms. The van der Waals surface area contributed by atoms with Crippen molar-refractivity contribution < 1.29 is 40.7 Å². The number of fused-ring (bicyclic) bond motifs is 5. The number of hydrogen-bond acceptors (Lipinski definition) is 7. The number of para-hydroxylation sites is 1. The van der Waals surface area contributed by atoms with Gasteiger partial charge in [0, 0.05) is 28.0 Å². The molecule has 1 unspecified atom stereocenters. The summed E-state index contributed by atoms with van der Waals surface area (Å²) in [5.74, 6) is -2.14. The fourth-order valence-corrected chi connectivity index (χ4v) is 9.59. The summed E-state index contributed by atoms with van der Waals surface area (Å²) in [6.07, 6.45) is -2.92. The zero-order chi connectivity index (χ0) is 33.6. The van der Waals surface area contributed by atoms with Gasteiger partial charge in [-0.3, -0.25) is 4.79 Å². The van der Waals surface area contributed by atoms with Crippen LogP contribution in [-0.4, -0.2) is 54.4 Å². The molecule has 0 spiro atoms. The van der Waals surface area contributed by atoms with E-state index in [-0.39, 0.29) is 23.8 Å². The number of piperidine rings is 1. The van der Waals surface area contributed by atoms with Crippen molar-refractivity contribution in [3.63, 3.8) is 0 Å². The molecule has 0 N–H and O–H groups in total. The number of alkyl halides is 3. The van der Waals surface area contributed by atoms with Crippen LogP contribution in [0.1, 0.15) is 49.9 Å². The topological polar surface area (TPSA) is 94.9 Å². The van der Waals surface area contributed by atoms with Crippen LogP contribution in [-0.2, 0) is 30.8 Å². The number of aromatic nitrogens is 1. The van der Waals surface area contributed by atoms with E-state index in [1.165, 1.54) is 28.1 Å². The van der Waals surface area contributed by atoms with Gasteiger partial charge in [-0.2, -0.15) is 13.2 Å². The van der Waals surface area contributed by atoms with Gasteiger partial charge in [0.1, 0.15) is 5.75 Å². The summed E-state index contributed by atoms with van der Waals surface area (Å²) in [6, 6.07) is 21.1. The van der Waals surface area contributed by atoms with Crippen molar-refractivity contribution in [2.45, 2.75) is 66.5 Å². The number of carbonyl (C=O) groups excluding carboxylic acids is 2. The number of methoxy groups -OCH3 is 1. The molecule has 6 rings (SSSR count). The first-order chi connectivity index (χ1) is 22.4. The summed E-state index contributed by atoms with van der Waals surface area (Å²) < 4.78 is 80.5. The lowest BCUT2D eigenvalue weighted by atomic mass is 9.62. The number of nitrogens with zero attached hydrogens (tertiary/aromatic N) is 2. The summed E-state index contributed by atoms with van der Waals surface area (Å²) in [6.45, 7) is 1.69. The molecule has 0 saturated carbocycles. The molecule has 1 aliphatic heterocycles. The molecule has 13 heteroatoms. The molecule has 8 nitrogen and oxygen atoms in total. The second-order valence-corrected chi connectivity index (χ2v) is 14.8. The lowest BCUT2D eigenvalue weighted by Gasteiger charge is -2.53. The van der Waals surface area contributed by atoms with Gasteiger partial charge in [0.05, 0.1) is 30.1 Å². The maximum absolute atomic E-state index is 14.3. The van der Waals surface area contributed by atoms with Crippen LogP contribution >= 0.6 is 11.8 Å². The van der Waals surface area contributed by atoms with Crippen LogP contribution in [0, 0.1) is 5.41 Å². The number of rotatable bonds is 9. The number of likely N-dealkylation sites (tertiary alicyclic amines) is 1. The van der Waals surface area contributed by atoms with E-state index < -0.39 is 39.1 Å². The number of amides is 1. The molecule has 0 radical (unpaired) electrons. The summed E-state index contributed by atoms with van der Waals surface area (Å²) in [5, 5.41) is 0.640. The Morgan fingerprint density at radius 1 is 1.00 bits per heavy atom. The predicted molar refractivity (Wildman–Crippen MR) is 170 cm³/mol. The Hall–Kier alpha value is -3.97. The Labute approximate surface area is 274 Å². The largest absolute Gasteiger partial charge is 0.497 e. The molecular formula is C34H33F3N2O6S2. The molecule has 248 valence electrons. The molecule has 2 heterocycles. The Morgan fingerprint density at radius 2 is 1.66 bits per heavy atom. The minimum absolute atomic E-state index is 0.0594. The Morgan fingerprint density at radius 3 is 2.32 bits per heavy atom. The molecule has 4 aromatic rings. The van der Waals surface area contributed by atoms with Gasteiger partial charge in [0.25, 0.3) is 10.0 Å². The molecule has 3 atom stereocenters. The van der Waals surface area contributed by atoms with Gasteiger partial charge in [-0.25, -0.2) is 17.2 Å². The van der Waals surface area contributed by atoms with Crippen molar-refractivity contribution in [2.24, 2.45) is 5.41 Å². The minimum Gasteiger partial charge on any atom is -0.497 e. The van der Waals surface area contributed by atoms with E-state index in [1.54, 1.807) is 60.7 Å². The van der Waals surface area contributed by atoms with E-state index in [0.29, 0.717) is 58.5 Å². The zero-order valence-corrected chi connectivity index (χ0v) is 27.3. The monoisotopic (exact) mass is 686 g/mol. The van der Waals surface area contributed by atoms with E-state index in [2.05, 4.69) is 0 Å². The fourth-order valence-electron chi connectivity index (χ4n) is 7.01. The smallest absolute Gasteiger partial charge is 0.490 e. The first-order valence-electron chi connectivity index (χ1n) is 15.2. The highest BCUT2D eigenvalue weighted by Gasteiger charge is 2.53. The van der Waals surface area contributed by atoms with Gasteiger partial charge in [-0.15, -0.1) is 0 Å². The first-order valence-corrected chi connectivity index (χ1v) is 17.5. The average molecular weight is 687 g/mol. The minimum atomic E-state index is -5.23. The van der Waals surface area contributed by atoms with E-state index in [1.807, 2.05) is 13.0 Å². The molecule has 1 aliphatic carbocycles.